The van der Waals surface area contributed by atoms with Gasteiger partial charge in [-0.25, -0.2) is 4.98 Å². The first-order chi connectivity index (χ1) is 5.90. The van der Waals surface area contributed by atoms with E-state index in [1.807, 2.05) is 12.1 Å². The molecule has 2 rings (SSSR count). The first kappa shape index (κ1) is 7.28. The lowest BCUT2D eigenvalue weighted by Gasteiger charge is -1.94. The molecular formula is C9H10N2O. The number of rotatable bonds is 2. The lowest BCUT2D eigenvalue weighted by atomic mass is 10.2. The van der Waals surface area contributed by atoms with Gasteiger partial charge in [0.15, 0.2) is 0 Å². The summed E-state index contributed by atoms with van der Waals surface area (Å²) in [6.07, 6.45) is 3.78. The smallest absolute Gasteiger partial charge is 0.257 e. The standard InChI is InChI=1S/C9H10N2O/c1-2-3-8-5-4-7-6-10-12-9(7)11-8/h4-6H,2-3H2,1H3. The Kier molecular flexibility index (Phi) is 1.78. The Morgan fingerprint density at radius 3 is 3.17 bits per heavy atom. The molecule has 3 heteroatoms. The molecule has 0 N–H and O–H groups in total. The van der Waals surface area contributed by atoms with Gasteiger partial charge in [0.05, 0.1) is 11.6 Å². The van der Waals surface area contributed by atoms with Gasteiger partial charge in [-0.15, -0.1) is 0 Å². The van der Waals surface area contributed by atoms with Crippen molar-refractivity contribution in [2.75, 3.05) is 0 Å². The van der Waals surface area contributed by atoms with E-state index in [-0.39, 0.29) is 0 Å². The van der Waals surface area contributed by atoms with E-state index >= 15 is 0 Å². The fourth-order valence-corrected chi connectivity index (χ4v) is 1.19. The number of nitrogens with zero attached hydrogens (tertiary/aromatic N) is 2. The Bertz CT molecular complexity index is 381. The van der Waals surface area contributed by atoms with Gasteiger partial charge in [-0.2, -0.15) is 0 Å². The molecule has 12 heavy (non-hydrogen) atoms. The van der Waals surface area contributed by atoms with Crippen molar-refractivity contribution in [3.8, 4) is 0 Å². The second-order valence-corrected chi connectivity index (χ2v) is 2.77. The minimum Gasteiger partial charge on any atom is -0.336 e. The van der Waals surface area contributed by atoms with E-state index in [0.29, 0.717) is 5.71 Å². The summed E-state index contributed by atoms with van der Waals surface area (Å²) < 4.78 is 4.94. The molecule has 2 heterocycles. The molecule has 0 fully saturated rings. The van der Waals surface area contributed by atoms with Gasteiger partial charge in [0.1, 0.15) is 0 Å². The van der Waals surface area contributed by atoms with Crippen LogP contribution in [0.3, 0.4) is 0 Å². The van der Waals surface area contributed by atoms with Gasteiger partial charge in [-0.1, -0.05) is 18.5 Å². The van der Waals surface area contributed by atoms with Gasteiger partial charge in [-0.3, -0.25) is 0 Å². The van der Waals surface area contributed by atoms with Crippen LogP contribution in [0.4, 0.5) is 0 Å². The molecule has 0 aliphatic rings. The monoisotopic (exact) mass is 162 g/mol. The fraction of sp³-hybridized carbons (Fsp3) is 0.333. The van der Waals surface area contributed by atoms with Crippen molar-refractivity contribution >= 4 is 11.1 Å². The lowest BCUT2D eigenvalue weighted by Crippen LogP contribution is -1.87. The summed E-state index contributed by atoms with van der Waals surface area (Å²) >= 11 is 0. The average Bonchev–Trinajstić information content (AvgIpc) is 2.51. The van der Waals surface area contributed by atoms with Gasteiger partial charge in [-0.05, 0) is 18.6 Å². The zero-order chi connectivity index (χ0) is 8.39. The average molecular weight is 162 g/mol. The minimum atomic E-state index is 0.640. The van der Waals surface area contributed by atoms with Gasteiger partial charge in [0.25, 0.3) is 5.71 Å². The highest BCUT2D eigenvalue weighted by molar-refractivity contribution is 5.71. The Hall–Kier alpha value is -1.38. The van der Waals surface area contributed by atoms with Crippen molar-refractivity contribution in [2.45, 2.75) is 19.8 Å². The van der Waals surface area contributed by atoms with Gasteiger partial charge in [0, 0.05) is 5.69 Å². The molecule has 0 atom stereocenters. The van der Waals surface area contributed by atoms with Gasteiger partial charge >= 0.3 is 0 Å². The van der Waals surface area contributed by atoms with Crippen molar-refractivity contribution in [2.24, 2.45) is 0 Å². The Morgan fingerprint density at radius 1 is 1.42 bits per heavy atom. The molecule has 0 saturated carbocycles. The third-order valence-electron chi connectivity index (χ3n) is 1.78. The molecule has 0 spiro atoms. The predicted octanol–water partition coefficient (Wildman–Crippen LogP) is 2.18. The molecule has 2 aromatic rings. The van der Waals surface area contributed by atoms with E-state index in [0.717, 1.165) is 23.9 Å². The Morgan fingerprint density at radius 2 is 2.33 bits per heavy atom. The maximum absolute atomic E-state index is 4.94. The first-order valence-corrected chi connectivity index (χ1v) is 4.10. The molecule has 0 aliphatic carbocycles. The molecule has 0 amide bonds. The van der Waals surface area contributed by atoms with Crippen molar-refractivity contribution in [3.63, 3.8) is 0 Å². The van der Waals surface area contributed by atoms with Crippen molar-refractivity contribution in [1.82, 2.24) is 10.1 Å². The second-order valence-electron chi connectivity index (χ2n) is 2.77. The molecule has 0 radical (unpaired) electrons. The summed E-state index contributed by atoms with van der Waals surface area (Å²) in [6.45, 7) is 2.13. The van der Waals surface area contributed by atoms with Crippen LogP contribution in [0.15, 0.2) is 22.9 Å². The number of aryl methyl sites for hydroxylation is 1. The maximum atomic E-state index is 4.94. The Labute approximate surface area is 70.4 Å². The van der Waals surface area contributed by atoms with Crippen molar-refractivity contribution < 1.29 is 4.52 Å². The third kappa shape index (κ3) is 1.18. The fourth-order valence-electron chi connectivity index (χ4n) is 1.19. The zero-order valence-corrected chi connectivity index (χ0v) is 6.95. The normalized spacial score (nSPS) is 10.8. The zero-order valence-electron chi connectivity index (χ0n) is 6.95. The third-order valence-corrected chi connectivity index (χ3v) is 1.78. The van der Waals surface area contributed by atoms with Crippen LogP contribution < -0.4 is 0 Å². The SMILES string of the molecule is CCCc1ccc2cnoc2n1. The number of hydrogen-bond acceptors (Lipinski definition) is 3. The summed E-state index contributed by atoms with van der Waals surface area (Å²) in [5.41, 5.74) is 1.71. The number of pyridine rings is 1. The Balaban J connectivity index is 2.46. The van der Waals surface area contributed by atoms with Crippen LogP contribution in [-0.4, -0.2) is 10.1 Å². The molecule has 0 aliphatic heterocycles. The molecular weight excluding hydrogens is 152 g/mol. The molecule has 0 aromatic carbocycles. The van der Waals surface area contributed by atoms with E-state index in [1.165, 1.54) is 0 Å². The summed E-state index contributed by atoms with van der Waals surface area (Å²) in [7, 11) is 0. The topological polar surface area (TPSA) is 38.9 Å². The van der Waals surface area contributed by atoms with Gasteiger partial charge < -0.3 is 4.52 Å². The van der Waals surface area contributed by atoms with Crippen molar-refractivity contribution in [1.29, 1.82) is 0 Å². The van der Waals surface area contributed by atoms with Crippen LogP contribution >= 0.6 is 0 Å². The lowest BCUT2D eigenvalue weighted by molar-refractivity contribution is 0.448. The van der Waals surface area contributed by atoms with E-state index < -0.39 is 0 Å². The second kappa shape index (κ2) is 2.93. The van der Waals surface area contributed by atoms with Crippen LogP contribution in [0, 0.1) is 0 Å². The van der Waals surface area contributed by atoms with Crippen LogP contribution in [0.2, 0.25) is 0 Å². The number of fused-ring (bicyclic) bond motifs is 1. The van der Waals surface area contributed by atoms with Crippen LogP contribution in [0.25, 0.3) is 11.1 Å². The number of hydrogen-bond donors (Lipinski definition) is 0. The summed E-state index contributed by atoms with van der Waals surface area (Å²) in [5.74, 6) is 0. The highest BCUT2D eigenvalue weighted by atomic mass is 16.5. The highest BCUT2D eigenvalue weighted by Crippen LogP contribution is 2.11. The molecule has 3 nitrogen and oxygen atoms in total. The van der Waals surface area contributed by atoms with Gasteiger partial charge in [0.2, 0.25) is 0 Å². The molecule has 0 unspecified atom stereocenters. The number of aromatic nitrogens is 2. The van der Waals surface area contributed by atoms with Crippen LogP contribution in [0.1, 0.15) is 19.0 Å². The van der Waals surface area contributed by atoms with Crippen LogP contribution in [-0.2, 0) is 6.42 Å². The summed E-state index contributed by atoms with van der Waals surface area (Å²) in [4.78, 5) is 4.30. The molecule has 0 saturated heterocycles. The molecule has 2 aromatic heterocycles. The first-order valence-electron chi connectivity index (χ1n) is 4.10. The van der Waals surface area contributed by atoms with E-state index in [4.69, 9.17) is 4.52 Å². The summed E-state index contributed by atoms with van der Waals surface area (Å²) in [5, 5.41) is 4.63. The van der Waals surface area contributed by atoms with Crippen molar-refractivity contribution in [3.05, 3.63) is 24.0 Å². The molecule has 0 bridgehead atoms. The van der Waals surface area contributed by atoms with E-state index in [2.05, 4.69) is 17.1 Å². The molecule has 62 valence electrons. The van der Waals surface area contributed by atoms with E-state index in [1.54, 1.807) is 6.20 Å². The largest absolute Gasteiger partial charge is 0.336 e. The van der Waals surface area contributed by atoms with Crippen LogP contribution in [0.5, 0.6) is 0 Å². The summed E-state index contributed by atoms with van der Waals surface area (Å²) in [6, 6.07) is 4.01. The highest BCUT2D eigenvalue weighted by Gasteiger charge is 2.00. The maximum Gasteiger partial charge on any atom is 0.257 e. The predicted molar refractivity (Wildman–Crippen MR) is 45.8 cm³/mol. The quantitative estimate of drug-likeness (QED) is 0.679. The van der Waals surface area contributed by atoms with E-state index in [9.17, 15) is 0 Å². The minimum absolute atomic E-state index is 0.640.